The number of aliphatic hydroxyl groups excluding tert-OH is 1. The van der Waals surface area contributed by atoms with Crippen LogP contribution in [0.4, 0.5) is 5.69 Å². The van der Waals surface area contributed by atoms with Crippen molar-refractivity contribution in [3.05, 3.63) is 53.6 Å². The Labute approximate surface area is 202 Å². The van der Waals surface area contributed by atoms with Crippen LogP contribution in [0.15, 0.2) is 48.6 Å². The molecular formula is C25H27ClN2O6. The number of hydrogen-bond acceptors (Lipinski definition) is 6. The standard InChI is InChI=1S/C25H27ClN2O6/c26-16-8-2-3-9-17(16)27-13-7-11-25-20(19-18(34-25)10-6-15-33-24(19)32)22(30)28(21(25)23(27)31)12-4-1-5-14-29/h2-3,6-11,18-21,29H,1,4-5,12-15H2/t18-,19+,20+,21?,25+/m1/s1. The summed E-state index contributed by atoms with van der Waals surface area (Å²) in [5.41, 5.74) is -0.726. The van der Waals surface area contributed by atoms with Crippen molar-refractivity contribution in [3.63, 3.8) is 0 Å². The van der Waals surface area contributed by atoms with Gasteiger partial charge in [-0.3, -0.25) is 14.4 Å². The molecule has 1 N–H and O–H groups in total. The Morgan fingerprint density at radius 3 is 2.71 bits per heavy atom. The molecule has 0 aromatic heterocycles. The zero-order valence-corrected chi connectivity index (χ0v) is 19.4. The molecule has 0 bridgehead atoms. The fraction of sp³-hybridized carbons (Fsp3) is 0.480. The Bertz CT molecular complexity index is 1060. The molecule has 1 aromatic carbocycles. The molecule has 5 rings (SSSR count). The molecule has 1 aromatic rings. The molecule has 1 unspecified atom stereocenters. The number of carbonyl (C=O) groups excluding carboxylic acids is 3. The average molecular weight is 487 g/mol. The lowest BCUT2D eigenvalue weighted by atomic mass is 9.78. The summed E-state index contributed by atoms with van der Waals surface area (Å²) >= 11 is 6.43. The van der Waals surface area contributed by atoms with Gasteiger partial charge in [0.25, 0.3) is 5.91 Å². The van der Waals surface area contributed by atoms with Crippen LogP contribution in [0, 0.1) is 11.8 Å². The number of fused-ring (bicyclic) bond motifs is 2. The van der Waals surface area contributed by atoms with Gasteiger partial charge in [0.15, 0.2) is 0 Å². The van der Waals surface area contributed by atoms with Crippen molar-refractivity contribution in [3.8, 4) is 0 Å². The van der Waals surface area contributed by atoms with Crippen LogP contribution in [0.2, 0.25) is 5.02 Å². The highest BCUT2D eigenvalue weighted by Crippen LogP contribution is 2.53. The molecule has 2 saturated heterocycles. The van der Waals surface area contributed by atoms with E-state index in [9.17, 15) is 14.4 Å². The van der Waals surface area contributed by atoms with E-state index >= 15 is 0 Å². The van der Waals surface area contributed by atoms with Crippen molar-refractivity contribution in [2.24, 2.45) is 11.8 Å². The topological polar surface area (TPSA) is 96.4 Å². The van der Waals surface area contributed by atoms with Crippen LogP contribution >= 0.6 is 11.6 Å². The molecule has 4 aliphatic rings. The van der Waals surface area contributed by atoms with Crippen molar-refractivity contribution in [2.45, 2.75) is 37.0 Å². The van der Waals surface area contributed by atoms with E-state index in [2.05, 4.69) is 0 Å². The number of nitrogens with zero attached hydrogens (tertiary/aromatic N) is 2. The second-order valence-electron chi connectivity index (χ2n) is 9.02. The molecule has 34 heavy (non-hydrogen) atoms. The molecule has 0 radical (unpaired) electrons. The van der Waals surface area contributed by atoms with Gasteiger partial charge in [0.05, 0.1) is 22.7 Å². The second-order valence-corrected chi connectivity index (χ2v) is 9.43. The minimum absolute atomic E-state index is 0.0664. The Kier molecular flexibility index (Phi) is 6.22. The highest BCUT2D eigenvalue weighted by atomic mass is 35.5. The predicted molar refractivity (Wildman–Crippen MR) is 124 cm³/mol. The van der Waals surface area contributed by atoms with Crippen LogP contribution in [0.5, 0.6) is 0 Å². The molecule has 2 fully saturated rings. The van der Waals surface area contributed by atoms with E-state index in [-0.39, 0.29) is 31.6 Å². The summed E-state index contributed by atoms with van der Waals surface area (Å²) in [6.07, 6.45) is 8.37. The first-order valence-corrected chi connectivity index (χ1v) is 12.0. The largest absolute Gasteiger partial charge is 0.461 e. The third-order valence-electron chi connectivity index (χ3n) is 7.11. The van der Waals surface area contributed by atoms with Crippen LogP contribution in [0.25, 0.3) is 0 Å². The zero-order valence-electron chi connectivity index (χ0n) is 18.6. The Balaban J connectivity index is 1.57. The molecule has 180 valence electrons. The number of carbonyl (C=O) groups is 3. The summed E-state index contributed by atoms with van der Waals surface area (Å²) in [5.74, 6) is -2.75. The number of cyclic esters (lactones) is 1. The number of unbranched alkanes of at least 4 members (excludes halogenated alkanes) is 2. The van der Waals surface area contributed by atoms with Gasteiger partial charge < -0.3 is 24.4 Å². The summed E-state index contributed by atoms with van der Waals surface area (Å²) in [7, 11) is 0. The number of hydrogen-bond donors (Lipinski definition) is 1. The molecule has 9 heteroatoms. The zero-order chi connectivity index (χ0) is 23.9. The van der Waals surface area contributed by atoms with Gasteiger partial charge in [0.2, 0.25) is 5.91 Å². The Morgan fingerprint density at radius 1 is 1.09 bits per heavy atom. The molecule has 2 amide bonds. The highest BCUT2D eigenvalue weighted by molar-refractivity contribution is 6.34. The van der Waals surface area contributed by atoms with Crippen LogP contribution in [0.3, 0.4) is 0 Å². The quantitative estimate of drug-likeness (QED) is 0.376. The number of aliphatic hydroxyl groups is 1. The molecule has 8 nitrogen and oxygen atoms in total. The predicted octanol–water partition coefficient (Wildman–Crippen LogP) is 2.10. The van der Waals surface area contributed by atoms with Crippen LogP contribution in [0.1, 0.15) is 19.3 Å². The number of para-hydroxylation sites is 1. The van der Waals surface area contributed by atoms with Crippen molar-refractivity contribution >= 4 is 35.1 Å². The van der Waals surface area contributed by atoms with Gasteiger partial charge in [-0.25, -0.2) is 0 Å². The van der Waals surface area contributed by atoms with Gasteiger partial charge in [0.1, 0.15) is 24.2 Å². The number of anilines is 1. The van der Waals surface area contributed by atoms with Crippen LogP contribution in [-0.2, 0) is 23.9 Å². The van der Waals surface area contributed by atoms with Gasteiger partial charge in [0, 0.05) is 19.7 Å². The maximum absolute atomic E-state index is 14.1. The minimum atomic E-state index is -1.28. The number of rotatable bonds is 6. The van der Waals surface area contributed by atoms with Crippen molar-refractivity contribution < 1.29 is 29.0 Å². The maximum atomic E-state index is 14.1. The smallest absolute Gasteiger partial charge is 0.313 e. The third kappa shape index (κ3) is 3.56. The van der Waals surface area contributed by atoms with Crippen LogP contribution in [-0.4, -0.2) is 71.8 Å². The number of amides is 2. The van der Waals surface area contributed by atoms with Gasteiger partial charge in [-0.1, -0.05) is 42.0 Å². The number of benzene rings is 1. The lowest BCUT2D eigenvalue weighted by Gasteiger charge is -2.35. The number of likely N-dealkylation sites (tertiary alicyclic amines) is 1. The first-order valence-electron chi connectivity index (χ1n) is 11.7. The average Bonchev–Trinajstić information content (AvgIpc) is 3.12. The number of esters is 1. The summed E-state index contributed by atoms with van der Waals surface area (Å²) in [6, 6.07) is 6.14. The van der Waals surface area contributed by atoms with Gasteiger partial charge in [-0.2, -0.15) is 0 Å². The second kappa shape index (κ2) is 9.17. The van der Waals surface area contributed by atoms with Crippen molar-refractivity contribution in [1.29, 1.82) is 0 Å². The Morgan fingerprint density at radius 2 is 1.91 bits per heavy atom. The summed E-state index contributed by atoms with van der Waals surface area (Å²) in [4.78, 5) is 43.9. The molecule has 4 aliphatic heterocycles. The molecule has 0 aliphatic carbocycles. The van der Waals surface area contributed by atoms with Gasteiger partial charge >= 0.3 is 5.97 Å². The van der Waals surface area contributed by atoms with E-state index in [1.54, 1.807) is 52.3 Å². The van der Waals surface area contributed by atoms with Crippen molar-refractivity contribution in [1.82, 2.24) is 4.90 Å². The van der Waals surface area contributed by atoms with E-state index in [4.69, 9.17) is 26.2 Å². The van der Waals surface area contributed by atoms with Crippen molar-refractivity contribution in [2.75, 3.05) is 31.2 Å². The summed E-state index contributed by atoms with van der Waals surface area (Å²) in [6.45, 7) is 0.784. The van der Waals surface area contributed by atoms with E-state index in [0.717, 1.165) is 0 Å². The maximum Gasteiger partial charge on any atom is 0.313 e. The van der Waals surface area contributed by atoms with Gasteiger partial charge in [-0.05, 0) is 37.5 Å². The normalized spacial score (nSPS) is 32.2. The molecule has 1 spiro atoms. The minimum Gasteiger partial charge on any atom is -0.461 e. The number of ether oxygens (including phenoxy) is 2. The fourth-order valence-corrected chi connectivity index (χ4v) is 5.90. The molecule has 5 atom stereocenters. The van der Waals surface area contributed by atoms with E-state index in [1.165, 1.54) is 0 Å². The van der Waals surface area contributed by atoms with Crippen LogP contribution < -0.4 is 4.90 Å². The fourth-order valence-electron chi connectivity index (χ4n) is 5.67. The monoisotopic (exact) mass is 486 g/mol. The lowest BCUT2D eigenvalue weighted by molar-refractivity contribution is -0.152. The molecule has 4 heterocycles. The first-order chi connectivity index (χ1) is 16.5. The molecule has 0 saturated carbocycles. The lowest BCUT2D eigenvalue weighted by Crippen LogP contribution is -2.55. The third-order valence-corrected chi connectivity index (χ3v) is 7.43. The van der Waals surface area contributed by atoms with Gasteiger partial charge in [-0.15, -0.1) is 0 Å². The Hall–Kier alpha value is -2.68. The van der Waals surface area contributed by atoms with E-state index in [1.807, 2.05) is 6.08 Å². The highest BCUT2D eigenvalue weighted by Gasteiger charge is 2.71. The summed E-state index contributed by atoms with van der Waals surface area (Å²) in [5, 5.41) is 9.57. The molecular weight excluding hydrogens is 460 g/mol. The van der Waals surface area contributed by atoms with E-state index < -0.39 is 35.6 Å². The SMILES string of the molecule is O=C1OCC=C[C@H]2O[C@]34C=CCN(c5ccccc5Cl)C(=O)C3N(CCCCCO)C(=O)[C@@H]4[C@@H]12. The first kappa shape index (κ1) is 23.1. The number of halogens is 1. The summed E-state index contributed by atoms with van der Waals surface area (Å²) < 4.78 is 11.8. The van der Waals surface area contributed by atoms with E-state index in [0.29, 0.717) is 36.5 Å².